The summed E-state index contributed by atoms with van der Waals surface area (Å²) in [6, 6.07) is 7.77. The molecule has 0 aromatic heterocycles. The highest BCUT2D eigenvalue weighted by atomic mass is 16.6. The van der Waals surface area contributed by atoms with Gasteiger partial charge in [-0.15, -0.1) is 0 Å². The highest BCUT2D eigenvalue weighted by molar-refractivity contribution is 6.05. The number of benzene rings is 1. The Kier molecular flexibility index (Phi) is 7.96. The van der Waals surface area contributed by atoms with Crippen LogP contribution in [0.3, 0.4) is 0 Å². The third-order valence-electron chi connectivity index (χ3n) is 4.82. The van der Waals surface area contributed by atoms with Crippen molar-refractivity contribution >= 4 is 17.5 Å². The van der Waals surface area contributed by atoms with Gasteiger partial charge in [-0.2, -0.15) is 5.26 Å². The van der Waals surface area contributed by atoms with Crippen LogP contribution in [0, 0.1) is 11.3 Å². The lowest BCUT2D eigenvalue weighted by Crippen LogP contribution is -2.47. The number of nitrogens with one attached hydrogen (secondary N) is 1. The van der Waals surface area contributed by atoms with Crippen LogP contribution in [0.15, 0.2) is 29.4 Å². The number of nitrogens with zero attached hydrogens (tertiary/aromatic N) is 4. The molecule has 1 aliphatic heterocycles. The predicted molar refractivity (Wildman–Crippen MR) is 106 cm³/mol. The summed E-state index contributed by atoms with van der Waals surface area (Å²) in [5.74, 6) is -0.467. The molecule has 1 aromatic carbocycles. The van der Waals surface area contributed by atoms with Gasteiger partial charge in [0, 0.05) is 25.1 Å². The van der Waals surface area contributed by atoms with E-state index in [-0.39, 0.29) is 18.4 Å². The number of oxime groups is 1. The van der Waals surface area contributed by atoms with Crippen molar-refractivity contribution in [2.45, 2.75) is 26.3 Å². The molecule has 2 amide bonds. The monoisotopic (exact) mass is 385 g/mol. The molecule has 1 fully saturated rings. The molecule has 0 radical (unpaired) electrons. The van der Waals surface area contributed by atoms with Gasteiger partial charge >= 0.3 is 0 Å². The van der Waals surface area contributed by atoms with Gasteiger partial charge < -0.3 is 20.0 Å². The van der Waals surface area contributed by atoms with Gasteiger partial charge in [-0.3, -0.25) is 9.59 Å². The molecular formula is C20H27N5O3. The Bertz CT molecular complexity index is 750. The van der Waals surface area contributed by atoms with Crippen LogP contribution in [-0.2, 0) is 9.63 Å². The van der Waals surface area contributed by atoms with Gasteiger partial charge in [-0.25, -0.2) is 0 Å². The smallest absolute Gasteiger partial charge is 0.254 e. The lowest BCUT2D eigenvalue weighted by Gasteiger charge is -2.24. The molecule has 0 bridgehead atoms. The van der Waals surface area contributed by atoms with E-state index in [0.717, 1.165) is 19.6 Å². The van der Waals surface area contributed by atoms with Crippen LogP contribution in [0.5, 0.6) is 0 Å². The molecule has 0 spiro atoms. The Morgan fingerprint density at radius 3 is 2.57 bits per heavy atom. The minimum Gasteiger partial charge on any atom is -0.399 e. The molecule has 2 rings (SSSR count). The molecule has 1 aliphatic rings. The first-order valence-corrected chi connectivity index (χ1v) is 9.44. The fourth-order valence-corrected chi connectivity index (χ4v) is 3.20. The topological polar surface area (TPSA) is 98.0 Å². The summed E-state index contributed by atoms with van der Waals surface area (Å²) in [4.78, 5) is 34.2. The van der Waals surface area contributed by atoms with Crippen molar-refractivity contribution in [3.05, 3.63) is 35.4 Å². The van der Waals surface area contributed by atoms with E-state index in [1.807, 2.05) is 6.07 Å². The largest absolute Gasteiger partial charge is 0.399 e. The van der Waals surface area contributed by atoms with E-state index in [9.17, 15) is 9.59 Å². The molecule has 1 aromatic rings. The van der Waals surface area contributed by atoms with E-state index in [2.05, 4.69) is 29.2 Å². The van der Waals surface area contributed by atoms with Gasteiger partial charge in [0.15, 0.2) is 0 Å². The zero-order chi connectivity index (χ0) is 20.5. The van der Waals surface area contributed by atoms with Gasteiger partial charge in [0.2, 0.25) is 5.91 Å². The van der Waals surface area contributed by atoms with Gasteiger partial charge in [0.05, 0.1) is 23.9 Å². The number of likely N-dealkylation sites (N-methyl/N-ethyl adjacent to an activating group) is 1. The quantitative estimate of drug-likeness (QED) is 0.679. The first kappa shape index (κ1) is 21.4. The third-order valence-corrected chi connectivity index (χ3v) is 4.82. The van der Waals surface area contributed by atoms with Crippen LogP contribution in [-0.4, -0.2) is 73.2 Å². The van der Waals surface area contributed by atoms with E-state index in [4.69, 9.17) is 10.1 Å². The fourth-order valence-electron chi connectivity index (χ4n) is 3.20. The maximum absolute atomic E-state index is 12.9. The molecule has 1 N–H and O–H groups in total. The highest BCUT2D eigenvalue weighted by Gasteiger charge is 2.38. The molecule has 0 unspecified atom stereocenters. The summed E-state index contributed by atoms with van der Waals surface area (Å²) in [5, 5.41) is 15.8. The summed E-state index contributed by atoms with van der Waals surface area (Å²) in [5.41, 5.74) is 1.55. The number of hydrogen-bond donors (Lipinski definition) is 1. The predicted octanol–water partition coefficient (Wildman–Crippen LogP) is 1.23. The summed E-state index contributed by atoms with van der Waals surface area (Å²) >= 11 is 0. The lowest BCUT2D eigenvalue weighted by molar-refractivity contribution is -0.124. The molecule has 0 saturated carbocycles. The van der Waals surface area contributed by atoms with Crippen molar-refractivity contribution in [1.82, 2.24) is 15.1 Å². The Balaban J connectivity index is 2.10. The molecule has 150 valence electrons. The maximum atomic E-state index is 12.9. The maximum Gasteiger partial charge on any atom is 0.254 e. The Morgan fingerprint density at radius 2 is 2.00 bits per heavy atom. The minimum absolute atomic E-state index is 0.199. The number of likely N-dealkylation sites (tertiary alicyclic amines) is 1. The normalized spacial score (nSPS) is 17.6. The molecule has 1 atom stereocenters. The highest BCUT2D eigenvalue weighted by Crippen LogP contribution is 2.20. The summed E-state index contributed by atoms with van der Waals surface area (Å²) < 4.78 is 0. The van der Waals surface area contributed by atoms with E-state index in [1.54, 1.807) is 24.3 Å². The summed E-state index contributed by atoms with van der Waals surface area (Å²) in [7, 11) is 1.44. The molecule has 1 heterocycles. The van der Waals surface area contributed by atoms with Crippen LogP contribution in [0.2, 0.25) is 0 Å². The molecular weight excluding hydrogens is 358 g/mol. The Morgan fingerprint density at radius 1 is 1.32 bits per heavy atom. The molecule has 8 nitrogen and oxygen atoms in total. The SMILES string of the molecule is CCN(CC)CCNC(=O)[C@@H]1C/C(=N\OC)CN1C(=O)c1ccc(C#N)cc1. The van der Waals surface area contributed by atoms with Crippen LogP contribution in [0.25, 0.3) is 0 Å². The van der Waals surface area contributed by atoms with E-state index < -0.39 is 6.04 Å². The Labute approximate surface area is 165 Å². The van der Waals surface area contributed by atoms with Crippen molar-refractivity contribution in [3.8, 4) is 6.07 Å². The van der Waals surface area contributed by atoms with Crippen LogP contribution in [0.1, 0.15) is 36.2 Å². The van der Waals surface area contributed by atoms with Crippen molar-refractivity contribution < 1.29 is 14.4 Å². The summed E-state index contributed by atoms with van der Waals surface area (Å²) in [6.07, 6.45) is 0.340. The van der Waals surface area contributed by atoms with Gasteiger partial charge in [-0.1, -0.05) is 19.0 Å². The van der Waals surface area contributed by atoms with Crippen molar-refractivity contribution in [1.29, 1.82) is 5.26 Å². The van der Waals surface area contributed by atoms with Gasteiger partial charge in [0.1, 0.15) is 13.2 Å². The van der Waals surface area contributed by atoms with Crippen molar-refractivity contribution in [2.75, 3.05) is 39.8 Å². The first-order chi connectivity index (χ1) is 13.5. The number of amides is 2. The van der Waals surface area contributed by atoms with Crippen LogP contribution < -0.4 is 5.32 Å². The zero-order valence-electron chi connectivity index (χ0n) is 16.6. The standard InChI is InChI=1S/C20H27N5O3/c1-4-24(5-2)11-10-22-19(26)18-12-17(23-28-3)14-25(18)20(27)16-8-6-15(13-21)7-9-16/h6-9,18H,4-5,10-12,14H2,1-3H3,(H,22,26)/b23-17+/t18-/m0/s1. The Hall–Kier alpha value is -2.92. The van der Waals surface area contributed by atoms with Gasteiger partial charge in [0.25, 0.3) is 5.91 Å². The average Bonchev–Trinajstić information content (AvgIpc) is 3.15. The molecule has 8 heteroatoms. The van der Waals surface area contributed by atoms with E-state index >= 15 is 0 Å². The minimum atomic E-state index is -0.631. The van der Waals surface area contributed by atoms with E-state index in [0.29, 0.717) is 29.8 Å². The van der Waals surface area contributed by atoms with Crippen molar-refractivity contribution in [2.24, 2.45) is 5.16 Å². The number of rotatable bonds is 8. The van der Waals surface area contributed by atoms with Gasteiger partial charge in [-0.05, 0) is 37.4 Å². The first-order valence-electron chi connectivity index (χ1n) is 9.44. The second-order valence-corrected chi connectivity index (χ2v) is 6.50. The average molecular weight is 385 g/mol. The number of hydrogen-bond acceptors (Lipinski definition) is 6. The second-order valence-electron chi connectivity index (χ2n) is 6.50. The van der Waals surface area contributed by atoms with Crippen LogP contribution in [0.4, 0.5) is 0 Å². The van der Waals surface area contributed by atoms with Crippen LogP contribution >= 0.6 is 0 Å². The number of nitriles is 1. The second kappa shape index (κ2) is 10.4. The summed E-state index contributed by atoms with van der Waals surface area (Å²) in [6.45, 7) is 7.51. The lowest BCUT2D eigenvalue weighted by atomic mass is 10.1. The van der Waals surface area contributed by atoms with E-state index in [1.165, 1.54) is 12.0 Å². The molecule has 0 aliphatic carbocycles. The third kappa shape index (κ3) is 5.30. The van der Waals surface area contributed by atoms with Crippen molar-refractivity contribution in [3.63, 3.8) is 0 Å². The number of carbonyl (C=O) groups is 2. The molecule has 1 saturated heterocycles. The number of carbonyl (C=O) groups excluding carboxylic acids is 2. The fraction of sp³-hybridized carbons (Fsp3) is 0.500. The zero-order valence-corrected chi connectivity index (χ0v) is 16.6. The molecule has 28 heavy (non-hydrogen) atoms.